The van der Waals surface area contributed by atoms with Gasteiger partial charge in [-0.05, 0) is 30.3 Å². The highest BCUT2D eigenvalue weighted by molar-refractivity contribution is 6.04. The minimum absolute atomic E-state index is 0.0304. The molecule has 2 aromatic carbocycles. The Balaban J connectivity index is 2.02. The fourth-order valence-electron chi connectivity index (χ4n) is 3.89. The molecule has 0 fully saturated rings. The number of methoxy groups -OCH3 is 2. The molecule has 1 aliphatic heterocycles. The van der Waals surface area contributed by atoms with E-state index in [9.17, 15) is 23.5 Å². The maximum Gasteiger partial charge on any atom is 0.339 e. The number of carbonyl (C=O) groups is 2. The summed E-state index contributed by atoms with van der Waals surface area (Å²) in [6.45, 7) is 0. The van der Waals surface area contributed by atoms with Gasteiger partial charge in [-0.3, -0.25) is 4.79 Å². The molecule has 0 saturated carbocycles. The number of fused-ring (bicyclic) bond motifs is 1. The van der Waals surface area contributed by atoms with Crippen molar-refractivity contribution in [2.45, 2.75) is 12.3 Å². The number of aromatic carboxylic acids is 1. The van der Waals surface area contributed by atoms with Crippen LogP contribution < -0.4 is 14.8 Å². The van der Waals surface area contributed by atoms with Gasteiger partial charge in [0.25, 0.3) is 0 Å². The number of amides is 1. The van der Waals surface area contributed by atoms with Crippen LogP contribution in [0, 0.1) is 11.6 Å². The molecule has 0 spiro atoms. The lowest BCUT2D eigenvalue weighted by molar-refractivity contribution is -0.116. The lowest BCUT2D eigenvalue weighted by Gasteiger charge is -2.27. The van der Waals surface area contributed by atoms with Gasteiger partial charge in [0.1, 0.15) is 28.7 Å². The van der Waals surface area contributed by atoms with Gasteiger partial charge in [0.2, 0.25) is 5.91 Å². The second-order valence-corrected chi connectivity index (χ2v) is 7.02. The van der Waals surface area contributed by atoms with Crippen LogP contribution in [0.2, 0.25) is 0 Å². The molecule has 160 valence electrons. The lowest BCUT2D eigenvalue weighted by atomic mass is 9.87. The molecule has 1 aliphatic rings. The number of hydrogen-bond acceptors (Lipinski definition) is 4. The van der Waals surface area contributed by atoms with Crippen molar-refractivity contribution in [1.29, 1.82) is 0 Å². The van der Waals surface area contributed by atoms with Crippen molar-refractivity contribution in [3.63, 3.8) is 0 Å². The van der Waals surface area contributed by atoms with E-state index in [1.807, 2.05) is 0 Å². The Morgan fingerprint density at radius 3 is 2.45 bits per heavy atom. The molecular weight excluding hydrogens is 410 g/mol. The summed E-state index contributed by atoms with van der Waals surface area (Å²) in [7, 11) is 2.96. The molecule has 9 heteroatoms. The van der Waals surface area contributed by atoms with Crippen LogP contribution in [-0.4, -0.2) is 35.8 Å². The molecule has 1 amide bonds. The topological polar surface area (TPSA) is 89.8 Å². The quantitative estimate of drug-likeness (QED) is 0.643. The Labute approximate surface area is 175 Å². The SMILES string of the molecule is COc1ccc(OC)c(C2CC(=O)Nc3c(C(=O)O)cn(-c4cc(F)cc(F)c4)c32)c1. The van der Waals surface area contributed by atoms with Gasteiger partial charge in [0.15, 0.2) is 0 Å². The third-order valence-electron chi connectivity index (χ3n) is 5.20. The first-order valence-electron chi connectivity index (χ1n) is 9.29. The van der Waals surface area contributed by atoms with Crippen LogP contribution in [0.1, 0.15) is 34.0 Å². The average molecular weight is 428 g/mol. The number of benzene rings is 2. The van der Waals surface area contributed by atoms with Gasteiger partial charge in [0.05, 0.1) is 31.3 Å². The number of nitrogens with zero attached hydrogens (tertiary/aromatic N) is 1. The molecule has 0 saturated heterocycles. The van der Waals surface area contributed by atoms with Crippen molar-refractivity contribution in [2.75, 3.05) is 19.5 Å². The summed E-state index contributed by atoms with van der Waals surface area (Å²) in [5, 5.41) is 12.3. The molecule has 0 bridgehead atoms. The second-order valence-electron chi connectivity index (χ2n) is 7.02. The molecule has 1 aromatic heterocycles. The van der Waals surface area contributed by atoms with Crippen molar-refractivity contribution < 1.29 is 33.0 Å². The number of aromatic nitrogens is 1. The summed E-state index contributed by atoms with van der Waals surface area (Å²) in [5.74, 6) is -3.00. The first kappa shape index (κ1) is 20.4. The third-order valence-corrected chi connectivity index (χ3v) is 5.20. The van der Waals surface area contributed by atoms with Crippen molar-refractivity contribution in [1.82, 2.24) is 4.57 Å². The maximum absolute atomic E-state index is 13.9. The zero-order valence-electron chi connectivity index (χ0n) is 16.6. The van der Waals surface area contributed by atoms with E-state index < -0.39 is 29.4 Å². The maximum atomic E-state index is 13.9. The molecule has 0 radical (unpaired) electrons. The van der Waals surface area contributed by atoms with Crippen LogP contribution >= 0.6 is 0 Å². The largest absolute Gasteiger partial charge is 0.497 e. The van der Waals surface area contributed by atoms with Gasteiger partial charge in [0, 0.05) is 30.2 Å². The smallest absolute Gasteiger partial charge is 0.339 e. The summed E-state index contributed by atoms with van der Waals surface area (Å²) in [6, 6.07) is 7.96. The number of nitrogens with one attached hydrogen (secondary N) is 1. The van der Waals surface area contributed by atoms with Gasteiger partial charge >= 0.3 is 5.97 Å². The van der Waals surface area contributed by atoms with Crippen LogP contribution in [0.5, 0.6) is 11.5 Å². The summed E-state index contributed by atoms with van der Waals surface area (Å²) in [4.78, 5) is 24.4. The molecule has 2 heterocycles. The second kappa shape index (κ2) is 7.75. The van der Waals surface area contributed by atoms with Crippen molar-refractivity contribution in [2.24, 2.45) is 0 Å². The molecule has 1 atom stereocenters. The van der Waals surface area contributed by atoms with E-state index >= 15 is 0 Å². The molecule has 31 heavy (non-hydrogen) atoms. The summed E-state index contributed by atoms with van der Waals surface area (Å²) in [6.07, 6.45) is 1.21. The van der Waals surface area contributed by atoms with Crippen LogP contribution in [0.4, 0.5) is 14.5 Å². The van der Waals surface area contributed by atoms with E-state index in [1.54, 1.807) is 18.2 Å². The van der Waals surface area contributed by atoms with E-state index in [2.05, 4.69) is 5.32 Å². The Morgan fingerprint density at radius 2 is 1.84 bits per heavy atom. The van der Waals surface area contributed by atoms with Crippen LogP contribution in [0.25, 0.3) is 5.69 Å². The predicted octanol–water partition coefficient (Wildman–Crippen LogP) is 3.95. The van der Waals surface area contributed by atoms with E-state index in [0.717, 1.165) is 18.2 Å². The zero-order valence-corrected chi connectivity index (χ0v) is 16.6. The van der Waals surface area contributed by atoms with Gasteiger partial charge < -0.3 is 24.5 Å². The number of carboxylic acids is 1. The molecule has 4 rings (SSSR count). The number of carboxylic acid groups (broad SMARTS) is 1. The van der Waals surface area contributed by atoms with E-state index in [0.29, 0.717) is 22.8 Å². The third kappa shape index (κ3) is 3.58. The van der Waals surface area contributed by atoms with Gasteiger partial charge in [-0.15, -0.1) is 0 Å². The minimum Gasteiger partial charge on any atom is -0.497 e. The van der Waals surface area contributed by atoms with Crippen LogP contribution in [0.15, 0.2) is 42.6 Å². The van der Waals surface area contributed by atoms with E-state index in [4.69, 9.17) is 9.47 Å². The number of anilines is 1. The fourth-order valence-corrected chi connectivity index (χ4v) is 3.89. The van der Waals surface area contributed by atoms with Crippen molar-refractivity contribution in [3.8, 4) is 17.2 Å². The Kier molecular flexibility index (Phi) is 5.10. The van der Waals surface area contributed by atoms with Crippen LogP contribution in [0.3, 0.4) is 0 Å². The van der Waals surface area contributed by atoms with Crippen molar-refractivity contribution >= 4 is 17.6 Å². The van der Waals surface area contributed by atoms with Crippen molar-refractivity contribution in [3.05, 3.63) is 71.1 Å². The molecular formula is C22H18F2N2O5. The number of halogens is 2. The lowest BCUT2D eigenvalue weighted by Crippen LogP contribution is -2.26. The summed E-state index contributed by atoms with van der Waals surface area (Å²) < 4.78 is 40.0. The van der Waals surface area contributed by atoms with Gasteiger partial charge in [-0.2, -0.15) is 0 Å². The fraction of sp³-hybridized carbons (Fsp3) is 0.182. The Hall–Kier alpha value is -3.88. The molecule has 3 aromatic rings. The average Bonchev–Trinajstić information content (AvgIpc) is 3.11. The highest BCUT2D eigenvalue weighted by atomic mass is 19.1. The monoisotopic (exact) mass is 428 g/mol. The number of hydrogen-bond donors (Lipinski definition) is 2. The number of rotatable bonds is 5. The number of ether oxygens (including phenoxy) is 2. The predicted molar refractivity (Wildman–Crippen MR) is 107 cm³/mol. The first-order valence-corrected chi connectivity index (χ1v) is 9.29. The highest BCUT2D eigenvalue weighted by Gasteiger charge is 2.36. The first-order chi connectivity index (χ1) is 14.8. The summed E-state index contributed by atoms with van der Waals surface area (Å²) in [5.41, 5.74) is 0.909. The standard InChI is InChI=1S/C22H18F2N2O5/c1-30-14-3-4-18(31-2)15(8-14)16-9-19(27)25-20-17(22(28)29)10-26(21(16)20)13-6-11(23)5-12(24)7-13/h3-8,10,16H,9H2,1-2H3,(H,25,27)(H,28,29). The normalized spacial score (nSPS) is 15.2. The number of carbonyl (C=O) groups excluding carboxylic acids is 1. The molecule has 7 nitrogen and oxygen atoms in total. The molecule has 1 unspecified atom stereocenters. The highest BCUT2D eigenvalue weighted by Crippen LogP contribution is 2.45. The van der Waals surface area contributed by atoms with E-state index in [-0.39, 0.29) is 23.4 Å². The van der Waals surface area contributed by atoms with E-state index in [1.165, 1.54) is 25.0 Å². The molecule has 2 N–H and O–H groups in total. The Morgan fingerprint density at radius 1 is 1.13 bits per heavy atom. The zero-order chi connectivity index (χ0) is 22.3. The van der Waals surface area contributed by atoms with Gasteiger partial charge in [-0.25, -0.2) is 13.6 Å². The van der Waals surface area contributed by atoms with Gasteiger partial charge in [-0.1, -0.05) is 0 Å². The molecule has 0 aliphatic carbocycles. The summed E-state index contributed by atoms with van der Waals surface area (Å²) >= 11 is 0. The minimum atomic E-state index is -1.29. The van der Waals surface area contributed by atoms with Crippen LogP contribution in [-0.2, 0) is 4.79 Å². The Bertz CT molecular complexity index is 1180.